The van der Waals surface area contributed by atoms with E-state index >= 15 is 0 Å². The number of hydrogen-bond donors (Lipinski definition) is 2. The molecule has 134 valence electrons. The first-order valence-electron chi connectivity index (χ1n) is 8.60. The second-order valence-electron chi connectivity index (χ2n) is 7.39. The van der Waals surface area contributed by atoms with Gasteiger partial charge >= 0.3 is 0 Å². The minimum Gasteiger partial charge on any atom is -0.338 e. The number of rotatable bonds is 4. The van der Waals surface area contributed by atoms with Gasteiger partial charge in [0.25, 0.3) is 5.91 Å². The van der Waals surface area contributed by atoms with Crippen molar-refractivity contribution in [3.8, 4) is 11.4 Å². The number of nitrogens with one attached hydrogen (secondary N) is 1. The monoisotopic (exact) mass is 361 g/mol. The molecular weight excluding hydrogens is 338 g/mol. The summed E-state index contributed by atoms with van der Waals surface area (Å²) in [6.07, 6.45) is 3.35. The number of nitrogens with zero attached hydrogens (tertiary/aromatic N) is 3. The summed E-state index contributed by atoms with van der Waals surface area (Å²) in [6, 6.07) is 7.57. The Morgan fingerprint density at radius 3 is 2.68 bits per heavy atom. The fourth-order valence-electron chi connectivity index (χ4n) is 3.25. The summed E-state index contributed by atoms with van der Waals surface area (Å²) >= 11 is 0. The Kier molecular flexibility index (Phi) is 4.84. The van der Waals surface area contributed by atoms with Crippen LogP contribution in [0.25, 0.3) is 11.4 Å². The Hall–Kier alpha value is -1.92. The number of nitrogens with two attached hydrogens (primary N) is 1. The Bertz CT molecular complexity index is 755. The van der Waals surface area contributed by atoms with E-state index in [0.29, 0.717) is 23.9 Å². The van der Waals surface area contributed by atoms with Crippen molar-refractivity contribution in [2.24, 2.45) is 11.1 Å². The van der Waals surface area contributed by atoms with E-state index in [1.807, 2.05) is 29.2 Å². The van der Waals surface area contributed by atoms with Crippen LogP contribution >= 0.6 is 12.4 Å². The molecule has 0 radical (unpaired) electrons. The zero-order valence-electron chi connectivity index (χ0n) is 14.4. The van der Waals surface area contributed by atoms with E-state index in [2.05, 4.69) is 22.1 Å². The molecule has 3 N–H and O–H groups in total. The molecule has 1 amide bonds. The third-order valence-corrected chi connectivity index (χ3v) is 5.19. The van der Waals surface area contributed by atoms with E-state index in [1.165, 1.54) is 12.8 Å². The number of H-pyrrole nitrogens is 1. The maximum Gasteiger partial charge on any atom is 0.253 e. The zero-order valence-corrected chi connectivity index (χ0v) is 15.2. The van der Waals surface area contributed by atoms with Crippen molar-refractivity contribution in [3.05, 3.63) is 35.7 Å². The van der Waals surface area contributed by atoms with Crippen LogP contribution in [0.3, 0.4) is 0 Å². The van der Waals surface area contributed by atoms with Crippen LogP contribution in [-0.4, -0.2) is 45.6 Å². The van der Waals surface area contributed by atoms with Gasteiger partial charge in [0.2, 0.25) is 0 Å². The number of likely N-dealkylation sites (tertiary alicyclic amines) is 1. The molecule has 1 unspecified atom stereocenters. The van der Waals surface area contributed by atoms with Crippen LogP contribution in [-0.2, 0) is 0 Å². The predicted molar refractivity (Wildman–Crippen MR) is 98.7 cm³/mol. The lowest BCUT2D eigenvalue weighted by Gasteiger charge is -2.22. The Morgan fingerprint density at radius 1 is 1.36 bits per heavy atom. The van der Waals surface area contributed by atoms with Gasteiger partial charge in [0, 0.05) is 30.1 Å². The van der Waals surface area contributed by atoms with Crippen LogP contribution in [0.4, 0.5) is 0 Å². The minimum absolute atomic E-state index is 0. The molecule has 0 bridgehead atoms. The molecule has 1 saturated carbocycles. The second-order valence-corrected chi connectivity index (χ2v) is 7.39. The summed E-state index contributed by atoms with van der Waals surface area (Å²) in [7, 11) is 0. The lowest BCUT2D eigenvalue weighted by molar-refractivity contribution is 0.0777. The van der Waals surface area contributed by atoms with Gasteiger partial charge in [-0.2, -0.15) is 5.10 Å². The fraction of sp³-hybridized carbons (Fsp3) is 0.500. The summed E-state index contributed by atoms with van der Waals surface area (Å²) in [6.45, 7) is 4.27. The average Bonchev–Trinajstić information content (AvgIpc) is 3.21. The highest BCUT2D eigenvalue weighted by Gasteiger charge is 2.35. The first kappa shape index (κ1) is 17.9. The Morgan fingerprint density at radius 2 is 2.08 bits per heavy atom. The lowest BCUT2D eigenvalue weighted by Crippen LogP contribution is -2.34. The molecule has 4 rings (SSSR count). The van der Waals surface area contributed by atoms with Crippen LogP contribution in [0, 0.1) is 5.41 Å². The van der Waals surface area contributed by atoms with Gasteiger partial charge < -0.3 is 10.6 Å². The summed E-state index contributed by atoms with van der Waals surface area (Å²) in [5.41, 5.74) is 7.52. The summed E-state index contributed by atoms with van der Waals surface area (Å²) in [5.74, 6) is 2.31. The van der Waals surface area contributed by atoms with Crippen molar-refractivity contribution in [2.75, 3.05) is 19.6 Å². The minimum atomic E-state index is 0. The fourth-order valence-corrected chi connectivity index (χ4v) is 3.25. The van der Waals surface area contributed by atoms with E-state index in [0.717, 1.165) is 30.9 Å². The molecule has 1 saturated heterocycles. The number of carbonyl (C=O) groups is 1. The van der Waals surface area contributed by atoms with E-state index in [9.17, 15) is 4.79 Å². The van der Waals surface area contributed by atoms with Gasteiger partial charge in [-0.1, -0.05) is 19.1 Å². The third kappa shape index (κ3) is 3.55. The van der Waals surface area contributed by atoms with Crippen LogP contribution in [0.15, 0.2) is 24.3 Å². The predicted octanol–water partition coefficient (Wildman–Crippen LogP) is 2.58. The van der Waals surface area contributed by atoms with Gasteiger partial charge in [-0.05, 0) is 43.4 Å². The molecule has 2 aliphatic rings. The van der Waals surface area contributed by atoms with Crippen LogP contribution in [0.5, 0.6) is 0 Å². The summed E-state index contributed by atoms with van der Waals surface area (Å²) < 4.78 is 0. The quantitative estimate of drug-likeness (QED) is 0.876. The molecule has 2 fully saturated rings. The number of aromatic amines is 1. The summed E-state index contributed by atoms with van der Waals surface area (Å²) in [4.78, 5) is 19.1. The third-order valence-electron chi connectivity index (χ3n) is 5.19. The molecule has 1 aliphatic carbocycles. The SMILES string of the molecule is CC1(CN)CCN(C(=O)c2ccc(-c3n[nH]c(C4CC4)n3)cc2)C1.Cl. The van der Waals surface area contributed by atoms with Crippen molar-refractivity contribution >= 4 is 18.3 Å². The van der Waals surface area contributed by atoms with Crippen LogP contribution < -0.4 is 5.73 Å². The molecule has 2 heterocycles. The molecule has 1 aliphatic heterocycles. The number of carbonyl (C=O) groups excluding carboxylic acids is 1. The van der Waals surface area contributed by atoms with E-state index in [1.54, 1.807) is 0 Å². The van der Waals surface area contributed by atoms with Crippen molar-refractivity contribution in [1.29, 1.82) is 0 Å². The first-order chi connectivity index (χ1) is 11.6. The normalized spacial score (nSPS) is 22.7. The largest absolute Gasteiger partial charge is 0.338 e. The van der Waals surface area contributed by atoms with Gasteiger partial charge in [0.1, 0.15) is 5.82 Å². The van der Waals surface area contributed by atoms with Gasteiger partial charge in [-0.15, -0.1) is 12.4 Å². The molecule has 2 aromatic rings. The maximum absolute atomic E-state index is 12.6. The van der Waals surface area contributed by atoms with Crippen molar-refractivity contribution in [3.63, 3.8) is 0 Å². The van der Waals surface area contributed by atoms with Gasteiger partial charge in [0.05, 0.1) is 0 Å². The zero-order chi connectivity index (χ0) is 16.7. The number of aromatic nitrogens is 3. The van der Waals surface area contributed by atoms with Crippen molar-refractivity contribution < 1.29 is 4.79 Å². The van der Waals surface area contributed by atoms with E-state index in [-0.39, 0.29) is 23.7 Å². The smallest absolute Gasteiger partial charge is 0.253 e. The first-order valence-corrected chi connectivity index (χ1v) is 8.60. The standard InChI is InChI=1S/C18H23N5O.ClH/c1-18(10-19)8-9-23(11-18)17(24)14-6-4-13(5-7-14)16-20-15(21-22-16)12-2-3-12;/h4-7,12H,2-3,8-11,19H2,1H3,(H,20,21,22);1H. The molecule has 6 nitrogen and oxygen atoms in total. The Labute approximate surface area is 153 Å². The molecule has 25 heavy (non-hydrogen) atoms. The van der Waals surface area contributed by atoms with Gasteiger partial charge in [-0.25, -0.2) is 4.98 Å². The maximum atomic E-state index is 12.6. The molecular formula is C18H24ClN5O. The molecule has 0 spiro atoms. The van der Waals surface area contributed by atoms with Crippen molar-refractivity contribution in [2.45, 2.75) is 32.1 Å². The molecule has 1 atom stereocenters. The van der Waals surface area contributed by atoms with Crippen molar-refractivity contribution in [1.82, 2.24) is 20.1 Å². The highest BCUT2D eigenvalue weighted by Crippen LogP contribution is 2.38. The molecule has 7 heteroatoms. The highest BCUT2D eigenvalue weighted by molar-refractivity contribution is 5.94. The topological polar surface area (TPSA) is 87.9 Å². The van der Waals surface area contributed by atoms with Gasteiger partial charge in [-0.3, -0.25) is 9.89 Å². The molecule has 1 aromatic carbocycles. The van der Waals surface area contributed by atoms with Gasteiger partial charge in [0.15, 0.2) is 5.82 Å². The van der Waals surface area contributed by atoms with E-state index in [4.69, 9.17) is 5.73 Å². The molecule has 1 aromatic heterocycles. The van der Waals surface area contributed by atoms with Crippen LogP contribution in [0.1, 0.15) is 48.3 Å². The highest BCUT2D eigenvalue weighted by atomic mass is 35.5. The summed E-state index contributed by atoms with van der Waals surface area (Å²) in [5, 5.41) is 7.30. The number of amides is 1. The average molecular weight is 362 g/mol. The number of halogens is 1. The Balaban J connectivity index is 0.00000182. The number of benzene rings is 1. The second kappa shape index (κ2) is 6.77. The lowest BCUT2D eigenvalue weighted by atomic mass is 9.90. The van der Waals surface area contributed by atoms with E-state index < -0.39 is 0 Å². The number of hydrogen-bond acceptors (Lipinski definition) is 4. The van der Waals surface area contributed by atoms with Crippen LogP contribution in [0.2, 0.25) is 0 Å².